The van der Waals surface area contributed by atoms with Crippen molar-refractivity contribution in [1.29, 1.82) is 0 Å². The lowest BCUT2D eigenvalue weighted by molar-refractivity contribution is -0.142. The number of halogens is 1. The number of rotatable bonds is 4. The number of carbonyl (C=O) groups excluding carboxylic acids is 2. The Balaban J connectivity index is 1.49. The Bertz CT molecular complexity index is 883. The van der Waals surface area contributed by atoms with Crippen molar-refractivity contribution in [3.63, 3.8) is 0 Å². The first-order valence-corrected chi connectivity index (χ1v) is 9.43. The fourth-order valence-electron chi connectivity index (χ4n) is 3.34. The van der Waals surface area contributed by atoms with E-state index in [1.54, 1.807) is 29.2 Å². The summed E-state index contributed by atoms with van der Waals surface area (Å²) < 4.78 is 29.7. The molecule has 8 heteroatoms. The topological polar surface area (TPSA) is 68.3 Å². The van der Waals surface area contributed by atoms with Crippen LogP contribution in [0.2, 0.25) is 0 Å². The molecule has 152 valence electrons. The second kappa shape index (κ2) is 8.48. The molecule has 0 radical (unpaired) electrons. The molecule has 7 nitrogen and oxygen atoms in total. The van der Waals surface area contributed by atoms with E-state index in [0.29, 0.717) is 43.5 Å². The van der Waals surface area contributed by atoms with E-state index in [9.17, 15) is 14.0 Å². The standard InChI is InChI=1S/C21H21FN2O5/c22-15-5-7-16(8-6-15)28-14-20(25)24-13-19(21(26)23-9-11-27-12-10-23)29-18-4-2-1-3-17(18)24/h1-8,19H,9-14H2. The van der Waals surface area contributed by atoms with Crippen molar-refractivity contribution in [2.24, 2.45) is 0 Å². The van der Waals surface area contributed by atoms with Crippen LogP contribution in [0.4, 0.5) is 10.1 Å². The Hall–Kier alpha value is -3.13. The molecule has 4 rings (SSSR count). The van der Waals surface area contributed by atoms with Gasteiger partial charge in [0.05, 0.1) is 25.4 Å². The molecule has 29 heavy (non-hydrogen) atoms. The molecule has 0 bridgehead atoms. The third-order valence-electron chi connectivity index (χ3n) is 4.85. The van der Waals surface area contributed by atoms with Gasteiger partial charge in [0.1, 0.15) is 17.3 Å². The van der Waals surface area contributed by atoms with Gasteiger partial charge < -0.3 is 24.0 Å². The van der Waals surface area contributed by atoms with Crippen molar-refractivity contribution in [2.75, 3.05) is 44.4 Å². The molecule has 2 aliphatic heterocycles. The Kier molecular flexibility index (Phi) is 5.62. The van der Waals surface area contributed by atoms with Gasteiger partial charge in [-0.3, -0.25) is 9.59 Å². The summed E-state index contributed by atoms with van der Waals surface area (Å²) >= 11 is 0. The third-order valence-corrected chi connectivity index (χ3v) is 4.85. The lowest BCUT2D eigenvalue weighted by Crippen LogP contribution is -2.54. The lowest BCUT2D eigenvalue weighted by atomic mass is 10.1. The highest BCUT2D eigenvalue weighted by molar-refractivity contribution is 5.98. The van der Waals surface area contributed by atoms with Crippen molar-refractivity contribution in [3.8, 4) is 11.5 Å². The van der Waals surface area contributed by atoms with Gasteiger partial charge >= 0.3 is 0 Å². The molecule has 1 fully saturated rings. The molecule has 1 unspecified atom stereocenters. The van der Waals surface area contributed by atoms with Gasteiger partial charge in [-0.2, -0.15) is 0 Å². The van der Waals surface area contributed by atoms with Gasteiger partial charge in [-0.25, -0.2) is 4.39 Å². The van der Waals surface area contributed by atoms with Crippen molar-refractivity contribution in [1.82, 2.24) is 4.90 Å². The number of benzene rings is 2. The Morgan fingerprint density at radius 2 is 1.79 bits per heavy atom. The van der Waals surface area contributed by atoms with Crippen molar-refractivity contribution in [2.45, 2.75) is 6.10 Å². The first-order chi connectivity index (χ1) is 14.1. The number of hydrogen-bond donors (Lipinski definition) is 0. The van der Waals surface area contributed by atoms with Gasteiger partial charge in [0.25, 0.3) is 11.8 Å². The number of ether oxygens (including phenoxy) is 3. The first kappa shape index (κ1) is 19.2. The molecule has 2 aromatic carbocycles. The van der Waals surface area contributed by atoms with Crippen LogP contribution in [0.15, 0.2) is 48.5 Å². The third kappa shape index (κ3) is 4.32. The van der Waals surface area contributed by atoms with Crippen LogP contribution < -0.4 is 14.4 Å². The number of morpholine rings is 1. The predicted octanol–water partition coefficient (Wildman–Crippen LogP) is 1.86. The molecule has 0 saturated carbocycles. The SMILES string of the molecule is O=C(C1CN(C(=O)COc2ccc(F)cc2)c2ccccc2O1)N1CCOCC1. The first-order valence-electron chi connectivity index (χ1n) is 9.43. The predicted molar refractivity (Wildman–Crippen MR) is 103 cm³/mol. The number of hydrogen-bond acceptors (Lipinski definition) is 5. The summed E-state index contributed by atoms with van der Waals surface area (Å²) in [5.74, 6) is 0.00267. The van der Waals surface area contributed by atoms with Crippen LogP contribution in [-0.2, 0) is 14.3 Å². The maximum Gasteiger partial charge on any atom is 0.265 e. The number of carbonyl (C=O) groups is 2. The molecule has 0 spiro atoms. The molecule has 0 N–H and O–H groups in total. The zero-order valence-corrected chi connectivity index (χ0v) is 15.8. The Morgan fingerprint density at radius 1 is 1.07 bits per heavy atom. The number of para-hydroxylation sites is 2. The smallest absolute Gasteiger partial charge is 0.265 e. The fourth-order valence-corrected chi connectivity index (χ4v) is 3.34. The second-order valence-electron chi connectivity index (χ2n) is 6.76. The summed E-state index contributed by atoms with van der Waals surface area (Å²) in [6.45, 7) is 1.84. The molecule has 1 atom stereocenters. The van der Waals surface area contributed by atoms with Gasteiger partial charge in [-0.05, 0) is 36.4 Å². The molecule has 2 aromatic rings. The molecule has 2 amide bonds. The van der Waals surface area contributed by atoms with Gasteiger partial charge in [0.15, 0.2) is 12.7 Å². The van der Waals surface area contributed by atoms with E-state index in [1.807, 2.05) is 0 Å². The van der Waals surface area contributed by atoms with E-state index >= 15 is 0 Å². The Morgan fingerprint density at radius 3 is 2.55 bits per heavy atom. The van der Waals surface area contributed by atoms with Gasteiger partial charge in [0, 0.05) is 13.1 Å². The van der Waals surface area contributed by atoms with E-state index in [-0.39, 0.29) is 30.8 Å². The summed E-state index contributed by atoms with van der Waals surface area (Å²) in [4.78, 5) is 29.0. The summed E-state index contributed by atoms with van der Waals surface area (Å²) in [6.07, 6.45) is -0.794. The van der Waals surface area contributed by atoms with E-state index in [4.69, 9.17) is 14.2 Å². The highest BCUT2D eigenvalue weighted by Crippen LogP contribution is 2.33. The molecule has 2 aliphatic rings. The lowest BCUT2D eigenvalue weighted by Gasteiger charge is -2.37. The molecular weight excluding hydrogens is 379 g/mol. The maximum absolute atomic E-state index is 13.0. The van der Waals surface area contributed by atoms with E-state index in [2.05, 4.69) is 0 Å². The minimum atomic E-state index is -0.794. The number of nitrogens with zero attached hydrogens (tertiary/aromatic N) is 2. The largest absolute Gasteiger partial charge is 0.484 e. The normalized spacial score (nSPS) is 18.6. The summed E-state index contributed by atoms with van der Waals surface area (Å²) in [5.41, 5.74) is 0.589. The van der Waals surface area contributed by atoms with Crippen LogP contribution in [0, 0.1) is 5.82 Å². The van der Waals surface area contributed by atoms with E-state index < -0.39 is 6.10 Å². The van der Waals surface area contributed by atoms with Crippen molar-refractivity contribution >= 4 is 17.5 Å². The van der Waals surface area contributed by atoms with Crippen molar-refractivity contribution < 1.29 is 28.2 Å². The zero-order chi connectivity index (χ0) is 20.2. The van der Waals surface area contributed by atoms with Crippen LogP contribution >= 0.6 is 0 Å². The molecule has 2 heterocycles. The second-order valence-corrected chi connectivity index (χ2v) is 6.76. The van der Waals surface area contributed by atoms with Gasteiger partial charge in [-0.1, -0.05) is 12.1 Å². The number of anilines is 1. The maximum atomic E-state index is 13.0. The molecule has 1 saturated heterocycles. The minimum Gasteiger partial charge on any atom is -0.484 e. The van der Waals surface area contributed by atoms with Gasteiger partial charge in [-0.15, -0.1) is 0 Å². The average molecular weight is 400 g/mol. The van der Waals surface area contributed by atoms with E-state index in [1.165, 1.54) is 29.2 Å². The van der Waals surface area contributed by atoms with Crippen molar-refractivity contribution in [3.05, 3.63) is 54.3 Å². The Labute approximate surface area is 167 Å². The minimum absolute atomic E-state index is 0.0960. The van der Waals surface area contributed by atoms with Gasteiger partial charge in [0.2, 0.25) is 0 Å². The molecular formula is C21H21FN2O5. The number of fused-ring (bicyclic) bond motifs is 1. The summed E-state index contributed by atoms with van der Waals surface area (Å²) in [6, 6.07) is 12.5. The quantitative estimate of drug-likeness (QED) is 0.784. The highest BCUT2D eigenvalue weighted by atomic mass is 19.1. The summed E-state index contributed by atoms with van der Waals surface area (Å²) in [5, 5.41) is 0. The van der Waals surface area contributed by atoms with Crippen LogP contribution in [0.1, 0.15) is 0 Å². The molecule has 0 aliphatic carbocycles. The highest BCUT2D eigenvalue weighted by Gasteiger charge is 2.36. The fraction of sp³-hybridized carbons (Fsp3) is 0.333. The van der Waals surface area contributed by atoms with Crippen LogP contribution in [0.25, 0.3) is 0 Å². The summed E-state index contributed by atoms with van der Waals surface area (Å²) in [7, 11) is 0. The number of amides is 2. The average Bonchev–Trinajstić information content (AvgIpc) is 2.78. The van der Waals surface area contributed by atoms with Crippen LogP contribution in [0.3, 0.4) is 0 Å². The van der Waals surface area contributed by atoms with Crippen LogP contribution in [-0.4, -0.2) is 62.3 Å². The van der Waals surface area contributed by atoms with E-state index in [0.717, 1.165) is 0 Å². The zero-order valence-electron chi connectivity index (χ0n) is 15.8. The monoisotopic (exact) mass is 400 g/mol. The molecule has 0 aromatic heterocycles. The van der Waals surface area contributed by atoms with Crippen LogP contribution in [0.5, 0.6) is 11.5 Å².